The number of benzene rings is 1. The van der Waals surface area contributed by atoms with Gasteiger partial charge in [-0.05, 0) is 37.1 Å². The minimum Gasteiger partial charge on any atom is -0.495 e. The molecule has 5 nitrogen and oxygen atoms in total. The Morgan fingerprint density at radius 3 is 2.77 bits per heavy atom. The zero-order valence-corrected chi connectivity index (χ0v) is 13.0. The van der Waals surface area contributed by atoms with E-state index in [1.807, 2.05) is 49.0 Å². The molecule has 0 saturated carbocycles. The maximum atomic E-state index is 12.0. The van der Waals surface area contributed by atoms with Gasteiger partial charge in [0.25, 0.3) is 0 Å². The lowest BCUT2D eigenvalue weighted by Crippen LogP contribution is -2.18. The molecule has 2 aromatic rings. The van der Waals surface area contributed by atoms with Gasteiger partial charge in [-0.1, -0.05) is 6.07 Å². The van der Waals surface area contributed by atoms with Gasteiger partial charge in [0.1, 0.15) is 5.75 Å². The maximum Gasteiger partial charge on any atom is 0.249 e. The highest BCUT2D eigenvalue weighted by Crippen LogP contribution is 2.27. The molecule has 0 N–H and O–H groups in total. The highest BCUT2D eigenvalue weighted by Gasteiger charge is 2.22. The minimum atomic E-state index is 0.105. The van der Waals surface area contributed by atoms with Crippen molar-refractivity contribution in [3.63, 3.8) is 0 Å². The lowest BCUT2D eigenvalue weighted by Gasteiger charge is -2.10. The summed E-state index contributed by atoms with van der Waals surface area (Å²) in [6.07, 6.45) is 6.45. The molecule has 0 atom stereocenters. The summed E-state index contributed by atoms with van der Waals surface area (Å²) >= 11 is 0. The molecule has 0 unspecified atom stereocenters. The highest BCUT2D eigenvalue weighted by atomic mass is 16.5. The van der Waals surface area contributed by atoms with Crippen molar-refractivity contribution in [1.29, 1.82) is 0 Å². The molecular formula is C17H19N3O2. The predicted molar refractivity (Wildman–Crippen MR) is 85.1 cm³/mol. The van der Waals surface area contributed by atoms with E-state index in [0.29, 0.717) is 0 Å². The Morgan fingerprint density at radius 2 is 2.18 bits per heavy atom. The second kappa shape index (κ2) is 5.67. The Hall–Kier alpha value is -2.56. The van der Waals surface area contributed by atoms with Crippen molar-refractivity contribution >= 4 is 12.0 Å². The van der Waals surface area contributed by atoms with Gasteiger partial charge in [0.2, 0.25) is 5.91 Å². The monoisotopic (exact) mass is 297 g/mol. The fraction of sp³-hybridized carbons (Fsp3) is 0.294. The number of likely N-dealkylation sites (N-methyl/N-ethyl adjacent to an activating group) is 1. The summed E-state index contributed by atoms with van der Waals surface area (Å²) in [7, 11) is 3.47. The Labute approximate surface area is 129 Å². The molecule has 1 amide bonds. The van der Waals surface area contributed by atoms with Crippen LogP contribution in [0.3, 0.4) is 0 Å². The summed E-state index contributed by atoms with van der Waals surface area (Å²) in [6.45, 7) is 2.73. The number of rotatable bonds is 3. The first-order valence-corrected chi connectivity index (χ1v) is 7.23. The Morgan fingerprint density at radius 1 is 1.36 bits per heavy atom. The summed E-state index contributed by atoms with van der Waals surface area (Å²) in [5, 5.41) is 0. The first kappa shape index (κ1) is 14.4. The third-order valence-corrected chi connectivity index (χ3v) is 3.87. The number of methoxy groups -OCH3 is 1. The maximum absolute atomic E-state index is 12.0. The molecule has 0 radical (unpaired) electrons. The molecule has 114 valence electrons. The molecule has 22 heavy (non-hydrogen) atoms. The van der Waals surface area contributed by atoms with Crippen LogP contribution in [0.2, 0.25) is 0 Å². The van der Waals surface area contributed by atoms with Crippen molar-refractivity contribution in [2.24, 2.45) is 0 Å². The minimum absolute atomic E-state index is 0.105. The van der Waals surface area contributed by atoms with E-state index in [0.717, 1.165) is 41.2 Å². The van der Waals surface area contributed by atoms with Crippen LogP contribution in [-0.4, -0.2) is 41.1 Å². The van der Waals surface area contributed by atoms with Crippen LogP contribution >= 0.6 is 0 Å². The number of hydrogen-bond acceptors (Lipinski definition) is 3. The Balaban J connectivity index is 1.96. The van der Waals surface area contributed by atoms with Crippen LogP contribution in [0, 0.1) is 6.92 Å². The van der Waals surface area contributed by atoms with Crippen molar-refractivity contribution in [1.82, 2.24) is 14.5 Å². The van der Waals surface area contributed by atoms with Gasteiger partial charge >= 0.3 is 0 Å². The number of likely N-dealkylation sites (tertiary alicyclic amines) is 1. The molecule has 1 aliphatic rings. The van der Waals surface area contributed by atoms with Gasteiger partial charge in [-0.3, -0.25) is 4.79 Å². The Kier molecular flexibility index (Phi) is 3.71. The number of carbonyl (C=O) groups excluding carboxylic acids is 1. The molecule has 0 spiro atoms. The van der Waals surface area contributed by atoms with Crippen LogP contribution in [-0.2, 0) is 4.79 Å². The first-order chi connectivity index (χ1) is 10.6. The van der Waals surface area contributed by atoms with E-state index >= 15 is 0 Å². The lowest BCUT2D eigenvalue weighted by molar-refractivity contribution is -0.123. The topological polar surface area (TPSA) is 47.4 Å². The van der Waals surface area contributed by atoms with E-state index in [-0.39, 0.29) is 5.91 Å². The smallest absolute Gasteiger partial charge is 0.249 e. The van der Waals surface area contributed by atoms with Crippen LogP contribution in [0.15, 0.2) is 36.3 Å². The fourth-order valence-corrected chi connectivity index (χ4v) is 2.63. The standard InChI is InChI=1S/C17H19N3O2/c1-12-10-20(11-18-12)15-5-4-13(9-16(15)22-3)8-14-6-7-19(2)17(14)21/h4-5,8-11H,6-7H2,1-3H3/b14-8+. The normalized spacial score (nSPS) is 16.6. The van der Waals surface area contributed by atoms with Gasteiger partial charge < -0.3 is 14.2 Å². The number of hydrogen-bond donors (Lipinski definition) is 0. The quantitative estimate of drug-likeness (QED) is 0.818. The summed E-state index contributed by atoms with van der Waals surface area (Å²) in [6, 6.07) is 5.92. The van der Waals surface area contributed by atoms with Crippen LogP contribution in [0.4, 0.5) is 0 Å². The van der Waals surface area contributed by atoms with Gasteiger partial charge in [0.15, 0.2) is 0 Å². The summed E-state index contributed by atoms with van der Waals surface area (Å²) in [5.74, 6) is 0.860. The van der Waals surface area contributed by atoms with E-state index in [9.17, 15) is 4.79 Å². The van der Waals surface area contributed by atoms with Gasteiger partial charge in [0, 0.05) is 25.4 Å². The molecular weight excluding hydrogens is 278 g/mol. The number of ether oxygens (including phenoxy) is 1. The van der Waals surface area contributed by atoms with E-state index in [4.69, 9.17) is 4.74 Å². The van der Waals surface area contributed by atoms with Crippen molar-refractivity contribution in [3.05, 3.63) is 47.6 Å². The van der Waals surface area contributed by atoms with Gasteiger partial charge in [-0.25, -0.2) is 4.98 Å². The van der Waals surface area contributed by atoms with Crippen molar-refractivity contribution in [2.45, 2.75) is 13.3 Å². The van der Waals surface area contributed by atoms with Crippen molar-refractivity contribution in [3.8, 4) is 11.4 Å². The molecule has 5 heteroatoms. The van der Waals surface area contributed by atoms with Gasteiger partial charge in [-0.2, -0.15) is 0 Å². The van der Waals surface area contributed by atoms with Crippen molar-refractivity contribution < 1.29 is 9.53 Å². The number of aryl methyl sites for hydroxylation is 1. The molecule has 1 fully saturated rings. The SMILES string of the molecule is COc1cc(/C=C2\CCN(C)C2=O)ccc1-n1cnc(C)c1. The van der Waals surface area contributed by atoms with E-state index in [1.54, 1.807) is 18.3 Å². The third-order valence-electron chi connectivity index (χ3n) is 3.87. The molecule has 1 aromatic heterocycles. The molecule has 1 aromatic carbocycles. The van der Waals surface area contributed by atoms with Crippen molar-refractivity contribution in [2.75, 3.05) is 20.7 Å². The second-order valence-electron chi connectivity index (χ2n) is 5.50. The molecule has 3 rings (SSSR count). The summed E-state index contributed by atoms with van der Waals surface area (Å²) in [5.41, 5.74) is 3.69. The average molecular weight is 297 g/mol. The predicted octanol–water partition coefficient (Wildman–Crippen LogP) is 2.43. The second-order valence-corrected chi connectivity index (χ2v) is 5.50. The molecule has 1 aliphatic heterocycles. The third kappa shape index (κ3) is 2.62. The van der Waals surface area contributed by atoms with Crippen LogP contribution in [0.5, 0.6) is 5.75 Å². The molecule has 0 aliphatic carbocycles. The van der Waals surface area contributed by atoms with Gasteiger partial charge in [-0.15, -0.1) is 0 Å². The summed E-state index contributed by atoms with van der Waals surface area (Å²) in [4.78, 5) is 17.9. The van der Waals surface area contributed by atoms with E-state index in [2.05, 4.69) is 4.98 Å². The molecule has 2 heterocycles. The van der Waals surface area contributed by atoms with E-state index < -0.39 is 0 Å². The number of imidazole rings is 1. The van der Waals surface area contributed by atoms with Crippen LogP contribution in [0.1, 0.15) is 17.7 Å². The number of aromatic nitrogens is 2. The van der Waals surface area contributed by atoms with Crippen LogP contribution in [0.25, 0.3) is 11.8 Å². The van der Waals surface area contributed by atoms with Gasteiger partial charge in [0.05, 0.1) is 24.8 Å². The largest absolute Gasteiger partial charge is 0.495 e. The fourth-order valence-electron chi connectivity index (χ4n) is 2.63. The molecule has 1 saturated heterocycles. The summed E-state index contributed by atoms with van der Waals surface area (Å²) < 4.78 is 7.42. The highest BCUT2D eigenvalue weighted by molar-refractivity contribution is 5.99. The number of amides is 1. The molecule has 0 bridgehead atoms. The number of carbonyl (C=O) groups is 1. The number of nitrogens with zero attached hydrogens (tertiary/aromatic N) is 3. The average Bonchev–Trinajstić information content (AvgIpc) is 3.08. The zero-order chi connectivity index (χ0) is 15.7. The van der Waals surface area contributed by atoms with Crippen LogP contribution < -0.4 is 4.74 Å². The Bertz CT molecular complexity index is 746. The first-order valence-electron chi connectivity index (χ1n) is 7.23. The lowest BCUT2D eigenvalue weighted by atomic mass is 10.1. The van der Waals surface area contributed by atoms with E-state index in [1.165, 1.54) is 0 Å². The zero-order valence-electron chi connectivity index (χ0n) is 13.0.